The minimum atomic E-state index is -0.0611. The van der Waals surface area contributed by atoms with E-state index in [4.69, 9.17) is 4.74 Å². The number of amides is 1. The van der Waals surface area contributed by atoms with Gasteiger partial charge in [-0.2, -0.15) is 0 Å². The van der Waals surface area contributed by atoms with Crippen LogP contribution in [0, 0.1) is 0 Å². The highest BCUT2D eigenvalue weighted by molar-refractivity contribution is 7.09. The van der Waals surface area contributed by atoms with E-state index in [1.165, 1.54) is 0 Å². The number of carbonyl (C=O) groups excluding carboxylic acids is 1. The molecule has 1 saturated heterocycles. The Morgan fingerprint density at radius 1 is 1.33 bits per heavy atom. The number of ether oxygens (including phenoxy) is 1. The fourth-order valence-electron chi connectivity index (χ4n) is 2.88. The molecule has 1 aliphatic rings. The molecule has 0 unspecified atom stereocenters. The average Bonchev–Trinajstić information content (AvgIpc) is 3.08. The lowest BCUT2D eigenvalue weighted by molar-refractivity contribution is 0.0385. The van der Waals surface area contributed by atoms with Gasteiger partial charge in [-0.3, -0.25) is 9.69 Å². The maximum Gasteiger partial charge on any atom is 0.251 e. The summed E-state index contributed by atoms with van der Waals surface area (Å²) in [5, 5.41) is 5.96. The van der Waals surface area contributed by atoms with Crippen LogP contribution in [0.5, 0.6) is 0 Å². The first-order chi connectivity index (χ1) is 11.7. The number of nitrogens with one attached hydrogen (secondary N) is 1. The monoisotopic (exact) mass is 345 g/mol. The summed E-state index contributed by atoms with van der Waals surface area (Å²) in [6.07, 6.45) is 2.57. The van der Waals surface area contributed by atoms with Crippen molar-refractivity contribution in [1.29, 1.82) is 0 Å². The Morgan fingerprint density at radius 3 is 2.79 bits per heavy atom. The molecule has 0 saturated carbocycles. The van der Waals surface area contributed by atoms with Crippen LogP contribution in [0.15, 0.2) is 35.7 Å². The fraction of sp³-hybridized carbons (Fsp3) is 0.444. The van der Waals surface area contributed by atoms with Crippen molar-refractivity contribution in [1.82, 2.24) is 15.2 Å². The summed E-state index contributed by atoms with van der Waals surface area (Å²) in [6.45, 7) is 3.45. The number of rotatable bonds is 6. The van der Waals surface area contributed by atoms with Crippen LogP contribution in [0.1, 0.15) is 33.9 Å². The average molecular weight is 345 g/mol. The smallest absolute Gasteiger partial charge is 0.251 e. The van der Waals surface area contributed by atoms with Crippen molar-refractivity contribution in [2.45, 2.75) is 32.0 Å². The number of hydrogen-bond donors (Lipinski definition) is 1. The van der Waals surface area contributed by atoms with Gasteiger partial charge in [0.15, 0.2) is 0 Å². The second-order valence-corrected chi connectivity index (χ2v) is 6.94. The molecule has 6 heteroatoms. The van der Waals surface area contributed by atoms with E-state index < -0.39 is 0 Å². The topological polar surface area (TPSA) is 54.5 Å². The number of hydrogen-bond acceptors (Lipinski definition) is 5. The van der Waals surface area contributed by atoms with Crippen molar-refractivity contribution in [3.05, 3.63) is 52.0 Å². The molecule has 1 amide bonds. The van der Waals surface area contributed by atoms with Crippen molar-refractivity contribution in [2.24, 2.45) is 0 Å². The summed E-state index contributed by atoms with van der Waals surface area (Å²) in [5.74, 6) is -0.0611. The number of nitrogens with zero attached hydrogens (tertiary/aromatic N) is 2. The third-order valence-electron chi connectivity index (χ3n) is 4.29. The van der Waals surface area contributed by atoms with E-state index in [1.807, 2.05) is 30.3 Å². The van der Waals surface area contributed by atoms with Crippen LogP contribution in [0.3, 0.4) is 0 Å². The molecule has 2 heterocycles. The minimum Gasteiger partial charge on any atom is -0.381 e. The summed E-state index contributed by atoms with van der Waals surface area (Å²) in [7, 11) is 1.79. The van der Waals surface area contributed by atoms with E-state index in [0.717, 1.165) is 43.2 Å². The Balaban J connectivity index is 1.46. The molecule has 1 aliphatic heterocycles. The van der Waals surface area contributed by atoms with Gasteiger partial charge in [0.05, 0.1) is 18.3 Å². The second kappa shape index (κ2) is 8.37. The zero-order valence-electron chi connectivity index (χ0n) is 13.9. The second-order valence-electron chi connectivity index (χ2n) is 5.99. The van der Waals surface area contributed by atoms with Crippen molar-refractivity contribution < 1.29 is 9.53 Å². The molecule has 1 N–H and O–H groups in total. The highest BCUT2D eigenvalue weighted by Gasteiger charge is 2.19. The molecule has 1 fully saturated rings. The van der Waals surface area contributed by atoms with E-state index in [1.54, 1.807) is 18.4 Å². The van der Waals surface area contributed by atoms with Gasteiger partial charge in [0.2, 0.25) is 0 Å². The Bertz CT molecular complexity index is 651. The molecule has 5 nitrogen and oxygen atoms in total. The lowest BCUT2D eigenvalue weighted by Crippen LogP contribution is -2.36. The third-order valence-corrected chi connectivity index (χ3v) is 5.19. The molecule has 0 radical (unpaired) electrons. The van der Waals surface area contributed by atoms with E-state index in [2.05, 4.69) is 20.6 Å². The molecule has 0 bridgehead atoms. The van der Waals surface area contributed by atoms with Crippen LogP contribution >= 0.6 is 11.3 Å². The first kappa shape index (κ1) is 17.1. The van der Waals surface area contributed by atoms with E-state index in [-0.39, 0.29) is 5.91 Å². The maximum atomic E-state index is 12.0. The summed E-state index contributed by atoms with van der Waals surface area (Å²) in [4.78, 5) is 19.1. The summed E-state index contributed by atoms with van der Waals surface area (Å²) in [5.41, 5.74) is 1.76. The van der Waals surface area contributed by atoms with Gasteiger partial charge in [0.25, 0.3) is 5.91 Å². The van der Waals surface area contributed by atoms with Gasteiger partial charge >= 0.3 is 0 Å². The Labute approximate surface area is 146 Å². The highest BCUT2D eigenvalue weighted by atomic mass is 32.1. The number of carbonyl (C=O) groups is 1. The molecule has 0 aliphatic carbocycles. The molecule has 0 spiro atoms. The molecule has 24 heavy (non-hydrogen) atoms. The molecule has 128 valence electrons. The molecule has 3 rings (SSSR count). The third kappa shape index (κ3) is 4.63. The van der Waals surface area contributed by atoms with Crippen molar-refractivity contribution in [3.8, 4) is 0 Å². The molecule has 1 aromatic carbocycles. The van der Waals surface area contributed by atoms with Crippen LogP contribution in [0.4, 0.5) is 0 Å². The van der Waals surface area contributed by atoms with Crippen LogP contribution in [-0.2, 0) is 17.8 Å². The number of benzene rings is 1. The Kier molecular flexibility index (Phi) is 5.96. The SMILES string of the molecule is COC1CCN(Cc2csc(CNC(=O)c3ccccc3)n2)CC1. The van der Waals surface area contributed by atoms with Gasteiger partial charge in [-0.25, -0.2) is 4.98 Å². The lowest BCUT2D eigenvalue weighted by Gasteiger charge is -2.30. The normalized spacial score (nSPS) is 16.2. The molecular weight excluding hydrogens is 322 g/mol. The zero-order chi connectivity index (χ0) is 16.8. The van der Waals surface area contributed by atoms with Gasteiger partial charge < -0.3 is 10.1 Å². The molecule has 2 aromatic rings. The number of piperidine rings is 1. The van der Waals surface area contributed by atoms with Gasteiger partial charge in [0.1, 0.15) is 5.01 Å². The van der Waals surface area contributed by atoms with Gasteiger partial charge in [-0.05, 0) is 25.0 Å². The predicted octanol–water partition coefficient (Wildman–Crippen LogP) is 2.68. The molecular formula is C18H23N3O2S. The standard InChI is InChI=1S/C18H23N3O2S/c1-23-16-7-9-21(10-8-16)12-15-13-24-17(20-15)11-19-18(22)14-5-3-2-4-6-14/h2-6,13,16H,7-12H2,1H3,(H,19,22). The first-order valence-corrected chi connectivity index (χ1v) is 9.14. The number of likely N-dealkylation sites (tertiary alicyclic amines) is 1. The highest BCUT2D eigenvalue weighted by Crippen LogP contribution is 2.17. The number of aromatic nitrogens is 1. The zero-order valence-corrected chi connectivity index (χ0v) is 14.7. The van der Waals surface area contributed by atoms with E-state index in [9.17, 15) is 4.79 Å². The van der Waals surface area contributed by atoms with Crippen LogP contribution < -0.4 is 5.32 Å². The van der Waals surface area contributed by atoms with Crippen LogP contribution in [0.2, 0.25) is 0 Å². The largest absolute Gasteiger partial charge is 0.381 e. The summed E-state index contributed by atoms with van der Waals surface area (Å²) >= 11 is 1.60. The van der Waals surface area contributed by atoms with Gasteiger partial charge in [0, 0.05) is 37.7 Å². The Morgan fingerprint density at radius 2 is 2.08 bits per heavy atom. The van der Waals surface area contributed by atoms with Gasteiger partial charge in [-0.1, -0.05) is 18.2 Å². The van der Waals surface area contributed by atoms with E-state index in [0.29, 0.717) is 18.2 Å². The quantitative estimate of drug-likeness (QED) is 0.875. The fourth-order valence-corrected chi connectivity index (χ4v) is 3.61. The van der Waals surface area contributed by atoms with Crippen LogP contribution in [-0.4, -0.2) is 42.1 Å². The molecule has 1 aromatic heterocycles. The van der Waals surface area contributed by atoms with Crippen LogP contribution in [0.25, 0.3) is 0 Å². The molecule has 0 atom stereocenters. The van der Waals surface area contributed by atoms with Crippen molar-refractivity contribution in [2.75, 3.05) is 20.2 Å². The Hall–Kier alpha value is -1.76. The minimum absolute atomic E-state index is 0.0611. The van der Waals surface area contributed by atoms with E-state index >= 15 is 0 Å². The van der Waals surface area contributed by atoms with Crippen molar-refractivity contribution >= 4 is 17.2 Å². The maximum absolute atomic E-state index is 12.0. The number of methoxy groups -OCH3 is 1. The van der Waals surface area contributed by atoms with Crippen molar-refractivity contribution in [3.63, 3.8) is 0 Å². The first-order valence-electron chi connectivity index (χ1n) is 8.26. The predicted molar refractivity (Wildman–Crippen MR) is 95.0 cm³/mol. The summed E-state index contributed by atoms with van der Waals surface area (Å²) in [6, 6.07) is 9.25. The lowest BCUT2D eigenvalue weighted by atomic mass is 10.1. The number of thiazole rings is 1. The van der Waals surface area contributed by atoms with Gasteiger partial charge in [-0.15, -0.1) is 11.3 Å². The summed E-state index contributed by atoms with van der Waals surface area (Å²) < 4.78 is 5.40.